The van der Waals surface area contributed by atoms with Gasteiger partial charge in [-0.15, -0.1) is 0 Å². The molecule has 8 fully saturated rings. The summed E-state index contributed by atoms with van der Waals surface area (Å²) in [5, 5.41) is 0. The standard InChI is InChI=1S/C23H33N2.ClH/c1-2-25(13-24-1,22-18-5-14-3-15(7-18)8-19(22)6-14)23-20-9-16-4-17(11-20)12-21(23)10-16;/h1-2,13-23H,3-12H2;1H/q+1;/p-1. The minimum absolute atomic E-state index is 0. The minimum Gasteiger partial charge on any atom is -1.00 e. The van der Waals surface area contributed by atoms with Gasteiger partial charge in [-0.25, -0.2) is 9.48 Å². The molecule has 0 aromatic carbocycles. The molecule has 0 amide bonds. The number of halogens is 1. The Labute approximate surface area is 164 Å². The predicted molar refractivity (Wildman–Crippen MR) is 99.6 cm³/mol. The molecule has 142 valence electrons. The molecule has 0 aromatic heterocycles. The van der Waals surface area contributed by atoms with Crippen molar-refractivity contribution in [2.24, 2.45) is 52.3 Å². The first-order chi connectivity index (χ1) is 12.3. The second-order valence-electron chi connectivity index (χ2n) is 11.3. The van der Waals surface area contributed by atoms with Crippen LogP contribution in [-0.4, -0.2) is 22.9 Å². The van der Waals surface area contributed by atoms with E-state index in [4.69, 9.17) is 4.99 Å². The Morgan fingerprint density at radius 2 is 0.962 bits per heavy atom. The van der Waals surface area contributed by atoms with Crippen molar-refractivity contribution in [1.82, 2.24) is 0 Å². The van der Waals surface area contributed by atoms with Crippen LogP contribution in [0, 0.1) is 47.3 Å². The van der Waals surface area contributed by atoms with Crippen molar-refractivity contribution in [3.8, 4) is 0 Å². The Morgan fingerprint density at radius 1 is 0.577 bits per heavy atom. The van der Waals surface area contributed by atoms with Crippen molar-refractivity contribution in [3.63, 3.8) is 0 Å². The molecule has 0 N–H and O–H groups in total. The Kier molecular flexibility index (Phi) is 3.57. The SMILES string of the molecule is C1=C[N+](C2C3CC4CC(C3)CC2C4)(C2C3CC4CC(C3)CC2C4)C=N1.[Cl-]. The van der Waals surface area contributed by atoms with Crippen LogP contribution in [0.5, 0.6) is 0 Å². The molecule has 0 aromatic rings. The molecule has 8 bridgehead atoms. The number of rotatable bonds is 2. The predicted octanol–water partition coefficient (Wildman–Crippen LogP) is 1.97. The molecule has 0 radical (unpaired) electrons. The fraction of sp³-hybridized carbons (Fsp3) is 0.870. The summed E-state index contributed by atoms with van der Waals surface area (Å²) in [6, 6.07) is 1.77. The van der Waals surface area contributed by atoms with Crippen molar-refractivity contribution in [1.29, 1.82) is 0 Å². The van der Waals surface area contributed by atoms with E-state index in [2.05, 4.69) is 18.7 Å². The Balaban J connectivity index is 0.00000137. The Morgan fingerprint density at radius 3 is 1.27 bits per heavy atom. The lowest BCUT2D eigenvalue weighted by Gasteiger charge is -2.64. The fourth-order valence-electron chi connectivity index (χ4n) is 10.2. The molecule has 8 saturated carbocycles. The van der Waals surface area contributed by atoms with Crippen LogP contribution in [0.3, 0.4) is 0 Å². The van der Waals surface area contributed by atoms with Gasteiger partial charge in [0, 0.05) is 23.7 Å². The van der Waals surface area contributed by atoms with Gasteiger partial charge < -0.3 is 12.4 Å². The van der Waals surface area contributed by atoms with Crippen LogP contribution in [0.25, 0.3) is 0 Å². The van der Waals surface area contributed by atoms with Gasteiger partial charge in [-0.05, 0) is 87.9 Å². The smallest absolute Gasteiger partial charge is 0.195 e. The molecular weight excluding hydrogens is 340 g/mol. The van der Waals surface area contributed by atoms with E-state index < -0.39 is 0 Å². The second kappa shape index (κ2) is 5.60. The molecule has 0 atom stereocenters. The van der Waals surface area contributed by atoms with Gasteiger partial charge >= 0.3 is 0 Å². The number of hydrogen-bond acceptors (Lipinski definition) is 1. The van der Waals surface area contributed by atoms with Crippen LogP contribution in [0.1, 0.15) is 64.2 Å². The Hall–Kier alpha value is -0.340. The first-order valence-electron chi connectivity index (χ1n) is 11.4. The largest absolute Gasteiger partial charge is 1.00 e. The van der Waals surface area contributed by atoms with Crippen molar-refractivity contribution in [3.05, 3.63) is 12.4 Å². The quantitative estimate of drug-likeness (QED) is 0.657. The summed E-state index contributed by atoms with van der Waals surface area (Å²) < 4.78 is 1.21. The van der Waals surface area contributed by atoms with E-state index in [-0.39, 0.29) is 12.4 Å². The van der Waals surface area contributed by atoms with Crippen molar-refractivity contribution in [2.75, 3.05) is 0 Å². The first kappa shape index (κ1) is 16.6. The van der Waals surface area contributed by atoms with E-state index in [1.165, 1.54) is 4.48 Å². The normalized spacial score (nSPS) is 60.6. The summed E-state index contributed by atoms with van der Waals surface area (Å²) in [4.78, 5) is 4.77. The summed E-state index contributed by atoms with van der Waals surface area (Å²) in [5.74, 6) is 8.35. The number of quaternary nitrogens is 1. The Bertz CT molecular complexity index is 541. The summed E-state index contributed by atoms with van der Waals surface area (Å²) in [6.07, 6.45) is 22.7. The second-order valence-corrected chi connectivity index (χ2v) is 11.3. The van der Waals surface area contributed by atoms with Gasteiger partial charge in [-0.2, -0.15) is 0 Å². The number of aliphatic imine (C=N–C) groups is 1. The molecule has 1 aliphatic heterocycles. The highest BCUT2D eigenvalue weighted by Gasteiger charge is 2.63. The number of hydrogen-bond donors (Lipinski definition) is 0. The summed E-state index contributed by atoms with van der Waals surface area (Å²) >= 11 is 0. The number of nitrogens with zero attached hydrogens (tertiary/aromatic N) is 2. The third-order valence-corrected chi connectivity index (χ3v) is 10.1. The zero-order valence-electron chi connectivity index (χ0n) is 15.8. The van der Waals surface area contributed by atoms with E-state index in [0.717, 1.165) is 59.4 Å². The zero-order chi connectivity index (χ0) is 16.2. The van der Waals surface area contributed by atoms with Crippen LogP contribution in [0.4, 0.5) is 0 Å². The molecule has 3 heteroatoms. The van der Waals surface area contributed by atoms with Crippen molar-refractivity contribution in [2.45, 2.75) is 76.3 Å². The van der Waals surface area contributed by atoms with E-state index in [1.807, 2.05) is 0 Å². The highest BCUT2D eigenvalue weighted by molar-refractivity contribution is 5.52. The highest BCUT2D eigenvalue weighted by Crippen LogP contribution is 2.62. The van der Waals surface area contributed by atoms with Gasteiger partial charge in [0.05, 0.1) is 6.20 Å². The molecule has 0 unspecified atom stereocenters. The average Bonchev–Trinajstić information content (AvgIpc) is 3.03. The van der Waals surface area contributed by atoms with Gasteiger partial charge in [0.2, 0.25) is 0 Å². The minimum atomic E-state index is 0. The monoisotopic (exact) mass is 372 g/mol. The maximum absolute atomic E-state index is 4.77. The lowest BCUT2D eigenvalue weighted by atomic mass is 9.50. The van der Waals surface area contributed by atoms with E-state index in [1.54, 1.807) is 64.2 Å². The van der Waals surface area contributed by atoms with Crippen LogP contribution < -0.4 is 12.4 Å². The molecule has 1 heterocycles. The molecule has 9 aliphatic rings. The highest BCUT2D eigenvalue weighted by atomic mass is 35.5. The molecule has 0 spiro atoms. The maximum atomic E-state index is 4.77. The lowest BCUT2D eigenvalue weighted by molar-refractivity contribution is -0.860. The summed E-state index contributed by atoms with van der Waals surface area (Å²) in [5.41, 5.74) is 0. The van der Waals surface area contributed by atoms with Gasteiger partial charge in [0.1, 0.15) is 18.3 Å². The molecule has 26 heavy (non-hydrogen) atoms. The van der Waals surface area contributed by atoms with Crippen LogP contribution in [0.15, 0.2) is 17.4 Å². The summed E-state index contributed by atoms with van der Waals surface area (Å²) in [6.45, 7) is 0. The maximum Gasteiger partial charge on any atom is 0.195 e. The fourth-order valence-corrected chi connectivity index (χ4v) is 10.2. The first-order valence-corrected chi connectivity index (χ1v) is 11.4. The third kappa shape index (κ3) is 2.07. The lowest BCUT2D eigenvalue weighted by Crippen LogP contribution is -3.00. The van der Waals surface area contributed by atoms with Gasteiger partial charge in [-0.3, -0.25) is 0 Å². The zero-order valence-corrected chi connectivity index (χ0v) is 16.6. The topological polar surface area (TPSA) is 12.4 Å². The summed E-state index contributed by atoms with van der Waals surface area (Å²) in [7, 11) is 0. The van der Waals surface area contributed by atoms with Crippen LogP contribution in [0.2, 0.25) is 0 Å². The van der Waals surface area contributed by atoms with Crippen molar-refractivity contribution < 1.29 is 16.9 Å². The van der Waals surface area contributed by atoms with Crippen molar-refractivity contribution >= 4 is 6.34 Å². The average molecular weight is 373 g/mol. The van der Waals surface area contributed by atoms with Gasteiger partial charge in [0.25, 0.3) is 0 Å². The van der Waals surface area contributed by atoms with Gasteiger partial charge in [0.15, 0.2) is 6.34 Å². The molecular formula is C23H33ClN2. The van der Waals surface area contributed by atoms with E-state index >= 15 is 0 Å². The molecule has 8 aliphatic carbocycles. The molecule has 9 rings (SSSR count). The van der Waals surface area contributed by atoms with Crippen LogP contribution >= 0.6 is 0 Å². The van der Waals surface area contributed by atoms with Crippen LogP contribution in [-0.2, 0) is 0 Å². The van der Waals surface area contributed by atoms with E-state index in [0.29, 0.717) is 0 Å². The van der Waals surface area contributed by atoms with Gasteiger partial charge in [-0.1, -0.05) is 0 Å². The molecule has 0 saturated heterocycles. The third-order valence-electron chi connectivity index (χ3n) is 10.1. The molecule has 2 nitrogen and oxygen atoms in total. The van der Waals surface area contributed by atoms with E-state index in [9.17, 15) is 0 Å².